The monoisotopic (exact) mass is 255 g/mol. The lowest BCUT2D eigenvalue weighted by Crippen LogP contribution is -2.00. The van der Waals surface area contributed by atoms with Crippen molar-refractivity contribution in [3.8, 4) is 11.6 Å². The van der Waals surface area contributed by atoms with Crippen LogP contribution in [0.3, 0.4) is 0 Å². The smallest absolute Gasteiger partial charge is 0.299 e. The topological polar surface area (TPSA) is 118 Å². The summed E-state index contributed by atoms with van der Waals surface area (Å²) >= 11 is 0. The Balaban J connectivity index is 3.37. The van der Waals surface area contributed by atoms with Gasteiger partial charge < -0.3 is 9.47 Å². The molecule has 0 radical (unpaired) electrons. The third-order valence-electron chi connectivity index (χ3n) is 1.93. The van der Waals surface area contributed by atoms with Crippen molar-refractivity contribution in [2.45, 2.75) is 0 Å². The minimum atomic E-state index is -0.748. The molecule has 0 bridgehead atoms. The maximum atomic E-state index is 10.8. The third-order valence-corrected chi connectivity index (χ3v) is 1.93. The highest BCUT2D eigenvalue weighted by atomic mass is 16.6. The summed E-state index contributed by atoms with van der Waals surface area (Å²) in [5.41, 5.74) is -0.597. The summed E-state index contributed by atoms with van der Waals surface area (Å²) in [6.07, 6.45) is 1.47. The zero-order chi connectivity index (χ0) is 13.7. The number of pyridine rings is 1. The molecule has 0 aliphatic carbocycles. The molecule has 0 aromatic carbocycles. The van der Waals surface area contributed by atoms with Crippen molar-refractivity contribution in [1.82, 2.24) is 4.98 Å². The SMILES string of the molecule is COc1cc([N+](=O)[O-])c(/C=C\[N+](=O)[O-])nc1OC. The van der Waals surface area contributed by atoms with Crippen molar-refractivity contribution >= 4 is 11.8 Å². The van der Waals surface area contributed by atoms with Crippen molar-refractivity contribution < 1.29 is 19.3 Å². The van der Waals surface area contributed by atoms with Crippen molar-refractivity contribution in [3.63, 3.8) is 0 Å². The van der Waals surface area contributed by atoms with Crippen LogP contribution in [0.5, 0.6) is 11.6 Å². The minimum Gasteiger partial charge on any atom is -0.491 e. The second-order valence-electron chi connectivity index (χ2n) is 2.96. The molecule has 0 saturated heterocycles. The molecule has 0 N–H and O–H groups in total. The summed E-state index contributed by atoms with van der Waals surface area (Å²) in [4.78, 5) is 23.3. The van der Waals surface area contributed by atoms with Gasteiger partial charge in [-0.1, -0.05) is 0 Å². The van der Waals surface area contributed by atoms with E-state index in [1.165, 1.54) is 14.2 Å². The summed E-state index contributed by atoms with van der Waals surface area (Å²) in [6.45, 7) is 0. The molecule has 1 aromatic heterocycles. The van der Waals surface area contributed by atoms with E-state index in [4.69, 9.17) is 9.47 Å². The van der Waals surface area contributed by atoms with Crippen LogP contribution >= 0.6 is 0 Å². The highest BCUT2D eigenvalue weighted by Gasteiger charge is 2.20. The minimum absolute atomic E-state index is 0.00565. The average molecular weight is 255 g/mol. The van der Waals surface area contributed by atoms with Gasteiger partial charge in [0.1, 0.15) is 0 Å². The Labute approximate surface area is 101 Å². The van der Waals surface area contributed by atoms with Gasteiger partial charge in [-0.15, -0.1) is 0 Å². The lowest BCUT2D eigenvalue weighted by molar-refractivity contribution is -0.401. The van der Waals surface area contributed by atoms with E-state index < -0.39 is 15.5 Å². The van der Waals surface area contributed by atoms with Gasteiger partial charge in [-0.2, -0.15) is 0 Å². The molecular weight excluding hydrogens is 246 g/mol. The summed E-state index contributed by atoms with van der Waals surface area (Å²) < 4.78 is 9.71. The quantitative estimate of drug-likeness (QED) is 0.573. The first-order valence-electron chi connectivity index (χ1n) is 4.58. The van der Waals surface area contributed by atoms with E-state index in [0.717, 1.165) is 12.1 Å². The molecule has 0 amide bonds. The molecule has 0 spiro atoms. The molecule has 9 nitrogen and oxygen atoms in total. The largest absolute Gasteiger partial charge is 0.491 e. The summed E-state index contributed by atoms with van der Waals surface area (Å²) in [7, 11) is 2.60. The van der Waals surface area contributed by atoms with Gasteiger partial charge in [0.15, 0.2) is 11.4 Å². The van der Waals surface area contributed by atoms with E-state index in [-0.39, 0.29) is 17.3 Å². The van der Waals surface area contributed by atoms with Gasteiger partial charge in [-0.05, 0) is 0 Å². The lowest BCUT2D eigenvalue weighted by Gasteiger charge is -2.06. The normalized spacial score (nSPS) is 10.3. The lowest BCUT2D eigenvalue weighted by atomic mass is 10.2. The third kappa shape index (κ3) is 2.90. The second-order valence-corrected chi connectivity index (χ2v) is 2.96. The van der Waals surface area contributed by atoms with Crippen LogP contribution in [0, 0.1) is 20.2 Å². The van der Waals surface area contributed by atoms with E-state index in [1.807, 2.05) is 0 Å². The molecule has 96 valence electrons. The van der Waals surface area contributed by atoms with Gasteiger partial charge in [-0.25, -0.2) is 4.98 Å². The number of ether oxygens (including phenoxy) is 2. The van der Waals surface area contributed by atoms with Crippen LogP contribution in [0.4, 0.5) is 5.69 Å². The number of rotatable bonds is 5. The Hall–Kier alpha value is -2.71. The van der Waals surface area contributed by atoms with Crippen LogP contribution < -0.4 is 9.47 Å². The van der Waals surface area contributed by atoms with E-state index in [0.29, 0.717) is 6.20 Å². The van der Waals surface area contributed by atoms with Gasteiger partial charge in [0, 0.05) is 6.08 Å². The maximum absolute atomic E-state index is 10.8. The Morgan fingerprint density at radius 3 is 2.39 bits per heavy atom. The number of nitro groups is 2. The molecule has 1 rings (SSSR count). The summed E-state index contributed by atoms with van der Waals surface area (Å²) in [5, 5.41) is 21.0. The Morgan fingerprint density at radius 2 is 1.94 bits per heavy atom. The van der Waals surface area contributed by atoms with E-state index in [1.54, 1.807) is 0 Å². The molecule has 0 unspecified atom stereocenters. The fourth-order valence-electron chi connectivity index (χ4n) is 1.17. The Bertz CT molecular complexity index is 513. The molecule has 1 aromatic rings. The first kappa shape index (κ1) is 13.4. The van der Waals surface area contributed by atoms with Crippen molar-refractivity contribution in [1.29, 1.82) is 0 Å². The van der Waals surface area contributed by atoms with Crippen LogP contribution in [0.1, 0.15) is 5.69 Å². The van der Waals surface area contributed by atoms with Gasteiger partial charge >= 0.3 is 0 Å². The van der Waals surface area contributed by atoms with Crippen LogP contribution in [0.2, 0.25) is 0 Å². The molecule has 0 atom stereocenters. The second kappa shape index (κ2) is 5.57. The van der Waals surface area contributed by atoms with Gasteiger partial charge in [0.25, 0.3) is 11.6 Å². The molecular formula is C9H9N3O6. The fraction of sp³-hybridized carbons (Fsp3) is 0.222. The number of nitrogens with zero attached hydrogens (tertiary/aromatic N) is 3. The summed E-state index contributed by atoms with van der Waals surface area (Å²) in [5.74, 6) is 0.0774. The molecule has 0 aliphatic rings. The van der Waals surface area contributed by atoms with Crippen molar-refractivity contribution in [2.75, 3.05) is 14.2 Å². The van der Waals surface area contributed by atoms with E-state index in [9.17, 15) is 20.2 Å². The van der Waals surface area contributed by atoms with Crippen molar-refractivity contribution in [2.24, 2.45) is 0 Å². The zero-order valence-electron chi connectivity index (χ0n) is 9.52. The van der Waals surface area contributed by atoms with Crippen LogP contribution in [-0.2, 0) is 0 Å². The molecule has 0 saturated carbocycles. The standard InChI is InChI=1S/C9H9N3O6/c1-17-8-5-7(12(15)16)6(3-4-11(13)14)10-9(8)18-2/h3-5H,1-2H3/b4-3-. The van der Waals surface area contributed by atoms with Gasteiger partial charge in [0.05, 0.1) is 30.1 Å². The van der Waals surface area contributed by atoms with Crippen LogP contribution in [0.25, 0.3) is 6.08 Å². The predicted octanol–water partition coefficient (Wildman–Crippen LogP) is 1.25. The molecule has 1 heterocycles. The Kier molecular flexibility index (Phi) is 4.13. The maximum Gasteiger partial charge on any atom is 0.299 e. The molecule has 9 heteroatoms. The number of hydrogen-bond acceptors (Lipinski definition) is 7. The van der Waals surface area contributed by atoms with E-state index >= 15 is 0 Å². The molecule has 18 heavy (non-hydrogen) atoms. The van der Waals surface area contributed by atoms with Crippen LogP contribution in [0.15, 0.2) is 12.3 Å². The Morgan fingerprint density at radius 1 is 1.28 bits per heavy atom. The zero-order valence-corrected chi connectivity index (χ0v) is 9.52. The average Bonchev–Trinajstić information content (AvgIpc) is 2.34. The van der Waals surface area contributed by atoms with Crippen LogP contribution in [-0.4, -0.2) is 29.1 Å². The molecule has 0 aliphatic heterocycles. The van der Waals surface area contributed by atoms with E-state index in [2.05, 4.69) is 4.98 Å². The number of methoxy groups -OCH3 is 2. The first-order chi connectivity index (χ1) is 8.49. The number of aromatic nitrogens is 1. The van der Waals surface area contributed by atoms with Gasteiger partial charge in [0.2, 0.25) is 6.20 Å². The highest BCUT2D eigenvalue weighted by molar-refractivity contribution is 5.60. The first-order valence-corrected chi connectivity index (χ1v) is 4.58. The van der Waals surface area contributed by atoms with Crippen molar-refractivity contribution in [3.05, 3.63) is 38.2 Å². The molecule has 0 fully saturated rings. The predicted molar refractivity (Wildman–Crippen MR) is 60.0 cm³/mol. The highest BCUT2D eigenvalue weighted by Crippen LogP contribution is 2.31. The fourth-order valence-corrected chi connectivity index (χ4v) is 1.17. The number of hydrogen-bond donors (Lipinski definition) is 0. The van der Waals surface area contributed by atoms with Gasteiger partial charge in [-0.3, -0.25) is 20.2 Å². The summed E-state index contributed by atoms with van der Waals surface area (Å²) in [6, 6.07) is 1.09.